The molecule has 0 aromatic carbocycles. The second kappa shape index (κ2) is 7.46. The zero-order chi connectivity index (χ0) is 13.1. The number of nitrogens with one attached hydrogen (secondary N) is 1. The lowest BCUT2D eigenvalue weighted by molar-refractivity contribution is -0.663. The highest BCUT2D eigenvalue weighted by molar-refractivity contribution is 5.19. The van der Waals surface area contributed by atoms with Crippen molar-refractivity contribution in [2.24, 2.45) is 5.92 Å². The summed E-state index contributed by atoms with van der Waals surface area (Å²) in [5, 5.41) is 4.93. The Morgan fingerprint density at radius 3 is 2.50 bits per heavy atom. The summed E-state index contributed by atoms with van der Waals surface area (Å²) >= 11 is 0. The van der Waals surface area contributed by atoms with Crippen LogP contribution in [0.1, 0.15) is 62.2 Å². The van der Waals surface area contributed by atoms with Gasteiger partial charge in [-0.05, 0) is 12.3 Å². The third-order valence-corrected chi connectivity index (χ3v) is 4.85. The van der Waals surface area contributed by atoms with Crippen LogP contribution in [0, 0.1) is 5.92 Å². The van der Waals surface area contributed by atoms with Crippen LogP contribution in [-0.2, 0) is 6.42 Å². The van der Waals surface area contributed by atoms with Crippen LogP contribution >= 0.6 is 0 Å². The van der Waals surface area contributed by atoms with E-state index in [0.29, 0.717) is 11.8 Å². The Labute approximate surface area is 130 Å². The van der Waals surface area contributed by atoms with Crippen molar-refractivity contribution in [3.8, 4) is 0 Å². The van der Waals surface area contributed by atoms with Crippen LogP contribution in [0.5, 0.6) is 0 Å². The van der Waals surface area contributed by atoms with Gasteiger partial charge in [-0.15, -0.1) is 0 Å². The van der Waals surface area contributed by atoms with Gasteiger partial charge in [0.05, 0.1) is 18.7 Å². The van der Waals surface area contributed by atoms with Gasteiger partial charge in [-0.3, -0.25) is 4.79 Å². The summed E-state index contributed by atoms with van der Waals surface area (Å²) in [4.78, 5) is 12.0. The lowest BCUT2D eigenvalue weighted by atomic mass is 9.83. The summed E-state index contributed by atoms with van der Waals surface area (Å²) < 4.78 is 5.53. The van der Waals surface area contributed by atoms with Gasteiger partial charge >= 0.3 is 0 Å². The first-order chi connectivity index (χ1) is 9.34. The standard InChI is InChI=1S/C15H24N2O2.BrH/c18-15-13(10-11-4-2-1-3-5-11)14(19-17-15)12-6-8-16-9-7-12;/h11-12,16H,1-10H2,(H,17,18);1H. The first-order valence-corrected chi connectivity index (χ1v) is 7.86. The molecule has 0 unspecified atom stereocenters. The lowest BCUT2D eigenvalue weighted by Gasteiger charge is -2.22. The summed E-state index contributed by atoms with van der Waals surface area (Å²) in [5.74, 6) is 2.13. The highest BCUT2D eigenvalue weighted by atomic mass is 79.9. The molecular weight excluding hydrogens is 320 g/mol. The molecule has 0 spiro atoms. The molecule has 0 bridgehead atoms. The number of H-pyrrole nitrogens is 1. The largest absolute Gasteiger partial charge is 1.00 e. The van der Waals surface area contributed by atoms with E-state index in [1.165, 1.54) is 32.1 Å². The van der Waals surface area contributed by atoms with Crippen molar-refractivity contribution in [2.45, 2.75) is 57.3 Å². The summed E-state index contributed by atoms with van der Waals surface area (Å²) in [7, 11) is 0. The molecule has 20 heavy (non-hydrogen) atoms. The number of hydrogen-bond acceptors (Lipinski definition) is 2. The van der Waals surface area contributed by atoms with Gasteiger partial charge in [0.15, 0.2) is 0 Å². The Morgan fingerprint density at radius 1 is 1.10 bits per heavy atom. The molecule has 0 atom stereocenters. The Morgan fingerprint density at radius 2 is 1.80 bits per heavy atom. The minimum absolute atomic E-state index is 0. The van der Waals surface area contributed by atoms with E-state index < -0.39 is 0 Å². The molecule has 5 heteroatoms. The fourth-order valence-corrected chi connectivity index (χ4v) is 3.73. The summed E-state index contributed by atoms with van der Waals surface area (Å²) in [5.41, 5.74) is 0.980. The Kier molecular flexibility index (Phi) is 5.90. The van der Waals surface area contributed by atoms with Gasteiger partial charge in [-0.2, -0.15) is 5.16 Å². The Hall–Kier alpha value is -0.550. The third-order valence-electron chi connectivity index (χ3n) is 4.85. The van der Waals surface area contributed by atoms with Crippen LogP contribution in [0.3, 0.4) is 0 Å². The number of nitrogens with two attached hydrogens (primary N) is 1. The normalized spacial score (nSPS) is 21.6. The maximum atomic E-state index is 12.0. The van der Waals surface area contributed by atoms with Crippen LogP contribution in [0.15, 0.2) is 9.32 Å². The van der Waals surface area contributed by atoms with Crippen LogP contribution in [0.25, 0.3) is 0 Å². The van der Waals surface area contributed by atoms with Gasteiger partial charge in [0, 0.05) is 18.8 Å². The molecule has 3 N–H and O–H groups in total. The maximum Gasteiger partial charge on any atom is 0.283 e. The predicted molar refractivity (Wildman–Crippen MR) is 73.2 cm³/mol. The summed E-state index contributed by atoms with van der Waals surface area (Å²) in [6.07, 6.45) is 9.79. The highest BCUT2D eigenvalue weighted by Crippen LogP contribution is 2.30. The number of aromatic amines is 1. The fourth-order valence-electron chi connectivity index (χ4n) is 3.73. The van der Waals surface area contributed by atoms with Gasteiger partial charge in [0.25, 0.3) is 5.56 Å². The number of quaternary nitrogens is 1. The molecule has 0 amide bonds. The molecule has 3 rings (SSSR count). The number of piperidine rings is 1. The van der Waals surface area contributed by atoms with Crippen molar-refractivity contribution in [2.75, 3.05) is 13.1 Å². The van der Waals surface area contributed by atoms with E-state index in [2.05, 4.69) is 10.5 Å². The number of halogens is 1. The van der Waals surface area contributed by atoms with Gasteiger partial charge in [-0.25, -0.2) is 0 Å². The van der Waals surface area contributed by atoms with E-state index in [1.807, 2.05) is 0 Å². The van der Waals surface area contributed by atoms with E-state index in [4.69, 9.17) is 4.52 Å². The van der Waals surface area contributed by atoms with Crippen molar-refractivity contribution in [3.63, 3.8) is 0 Å². The van der Waals surface area contributed by atoms with E-state index in [1.54, 1.807) is 0 Å². The minimum Gasteiger partial charge on any atom is -1.00 e. The molecule has 2 heterocycles. The molecule has 114 valence electrons. The second-order valence-corrected chi connectivity index (χ2v) is 6.22. The zero-order valence-corrected chi connectivity index (χ0v) is 13.6. The molecule has 1 aromatic rings. The number of rotatable bonds is 3. The molecule has 2 aliphatic rings. The second-order valence-electron chi connectivity index (χ2n) is 6.22. The SMILES string of the molecule is O=c1[nH]oc(C2CC[NH2+]CC2)c1CC1CCCCC1.[Br-]. The predicted octanol–water partition coefficient (Wildman–Crippen LogP) is -1.46. The molecule has 2 fully saturated rings. The van der Waals surface area contributed by atoms with E-state index >= 15 is 0 Å². The molecule has 1 saturated carbocycles. The van der Waals surface area contributed by atoms with E-state index in [-0.39, 0.29) is 22.5 Å². The molecule has 1 aromatic heterocycles. The van der Waals surface area contributed by atoms with Crippen LogP contribution < -0.4 is 27.9 Å². The quantitative estimate of drug-likeness (QED) is 0.703. The first kappa shape index (κ1) is 15.8. The highest BCUT2D eigenvalue weighted by Gasteiger charge is 2.27. The smallest absolute Gasteiger partial charge is 0.283 e. The van der Waals surface area contributed by atoms with Crippen LogP contribution in [-0.4, -0.2) is 18.2 Å². The first-order valence-electron chi connectivity index (χ1n) is 7.86. The third kappa shape index (κ3) is 3.55. The Balaban J connectivity index is 0.00000147. The van der Waals surface area contributed by atoms with Gasteiger partial charge in [-0.1, -0.05) is 32.1 Å². The monoisotopic (exact) mass is 344 g/mol. The molecule has 1 aliphatic carbocycles. The molecular formula is C15H25BrN2O2. The summed E-state index contributed by atoms with van der Waals surface area (Å²) in [6.45, 7) is 2.31. The van der Waals surface area contributed by atoms with Gasteiger partial charge in [0.1, 0.15) is 5.76 Å². The van der Waals surface area contributed by atoms with Gasteiger partial charge < -0.3 is 26.8 Å². The zero-order valence-electron chi connectivity index (χ0n) is 12.0. The van der Waals surface area contributed by atoms with Crippen molar-refractivity contribution in [1.82, 2.24) is 5.16 Å². The Bertz CT molecular complexity index is 457. The average molecular weight is 345 g/mol. The molecule has 0 radical (unpaired) electrons. The van der Waals surface area contributed by atoms with Crippen molar-refractivity contribution in [1.29, 1.82) is 0 Å². The van der Waals surface area contributed by atoms with E-state index in [0.717, 1.165) is 43.7 Å². The molecule has 1 aliphatic heterocycles. The molecule has 1 saturated heterocycles. The fraction of sp³-hybridized carbons (Fsp3) is 0.800. The average Bonchev–Trinajstić information content (AvgIpc) is 2.82. The van der Waals surface area contributed by atoms with Gasteiger partial charge in [0.2, 0.25) is 0 Å². The summed E-state index contributed by atoms with van der Waals surface area (Å²) in [6, 6.07) is 0. The van der Waals surface area contributed by atoms with Crippen molar-refractivity contribution >= 4 is 0 Å². The van der Waals surface area contributed by atoms with Crippen molar-refractivity contribution in [3.05, 3.63) is 21.7 Å². The molecule has 4 nitrogen and oxygen atoms in total. The van der Waals surface area contributed by atoms with Crippen LogP contribution in [0.4, 0.5) is 0 Å². The lowest BCUT2D eigenvalue weighted by Crippen LogP contribution is -3.00. The maximum absolute atomic E-state index is 12.0. The number of aromatic nitrogens is 1. The van der Waals surface area contributed by atoms with E-state index in [9.17, 15) is 4.79 Å². The number of hydrogen-bond donors (Lipinski definition) is 2. The topological polar surface area (TPSA) is 62.6 Å². The minimum atomic E-state index is 0. The van der Waals surface area contributed by atoms with Crippen LogP contribution in [0.2, 0.25) is 0 Å². The van der Waals surface area contributed by atoms with Crippen molar-refractivity contribution < 1.29 is 26.8 Å².